The van der Waals surface area contributed by atoms with Crippen molar-refractivity contribution in [1.29, 1.82) is 0 Å². The normalized spacial score (nSPS) is 15.9. The van der Waals surface area contributed by atoms with E-state index in [0.29, 0.717) is 22.5 Å². The summed E-state index contributed by atoms with van der Waals surface area (Å²) in [7, 11) is 0. The van der Waals surface area contributed by atoms with Gasteiger partial charge in [-0.3, -0.25) is 4.79 Å². The summed E-state index contributed by atoms with van der Waals surface area (Å²) in [5.74, 6) is -2.87. The van der Waals surface area contributed by atoms with E-state index in [1.54, 1.807) is 18.2 Å². The van der Waals surface area contributed by atoms with Gasteiger partial charge in [0.25, 0.3) is 0 Å². The zero-order valence-electron chi connectivity index (χ0n) is 19.0. The van der Waals surface area contributed by atoms with E-state index in [1.165, 1.54) is 31.7 Å². The highest BCUT2D eigenvalue weighted by molar-refractivity contribution is 6.36. The second-order valence-electron chi connectivity index (χ2n) is 9.29. The van der Waals surface area contributed by atoms with Crippen LogP contribution >= 0.6 is 11.6 Å². The summed E-state index contributed by atoms with van der Waals surface area (Å²) in [5, 5.41) is 7.39. The average molecular weight is 502 g/mol. The molecule has 0 bridgehead atoms. The summed E-state index contributed by atoms with van der Waals surface area (Å²) in [6.07, 6.45) is 1.70. The largest absolute Gasteiger partial charge is 0.490 e. The van der Waals surface area contributed by atoms with Gasteiger partial charge in [0.15, 0.2) is 0 Å². The Morgan fingerprint density at radius 1 is 1.15 bits per heavy atom. The molecule has 34 heavy (non-hydrogen) atoms. The minimum absolute atomic E-state index is 0.218. The molecule has 0 atom stereocenters. The Labute approximate surface area is 201 Å². The second kappa shape index (κ2) is 11.2. The van der Waals surface area contributed by atoms with E-state index < -0.39 is 18.1 Å². The van der Waals surface area contributed by atoms with Crippen molar-refractivity contribution in [1.82, 2.24) is 0 Å². The third kappa shape index (κ3) is 7.72. The third-order valence-electron chi connectivity index (χ3n) is 6.15. The number of halogens is 5. The summed E-state index contributed by atoms with van der Waals surface area (Å²) in [5.41, 5.74) is 8.07. The van der Waals surface area contributed by atoms with Crippen LogP contribution in [0.3, 0.4) is 0 Å². The Bertz CT molecular complexity index is 1030. The molecule has 3 rings (SSSR count). The molecule has 0 spiro atoms. The first kappa shape index (κ1) is 27.6. The van der Waals surface area contributed by atoms with E-state index in [1.807, 2.05) is 12.1 Å². The zero-order valence-corrected chi connectivity index (χ0v) is 19.8. The predicted molar refractivity (Wildman–Crippen MR) is 123 cm³/mol. The van der Waals surface area contributed by atoms with Gasteiger partial charge >= 0.3 is 12.1 Å². The number of aryl methyl sites for hydroxylation is 1. The fourth-order valence-corrected chi connectivity index (χ4v) is 4.30. The fraction of sp³-hybridized carbons (Fsp3) is 0.440. The number of carbonyl (C=O) groups excluding carboxylic acids is 1. The summed E-state index contributed by atoms with van der Waals surface area (Å²) < 4.78 is 46.4. The topological polar surface area (TPSA) is 80.4 Å². The molecule has 1 amide bonds. The highest BCUT2D eigenvalue weighted by Gasteiger charge is 2.38. The number of aliphatic carboxylic acids is 1. The predicted octanol–water partition coefficient (Wildman–Crippen LogP) is 7.03. The van der Waals surface area contributed by atoms with Gasteiger partial charge < -0.3 is 10.8 Å². The number of primary amides is 1. The first-order valence-electron chi connectivity index (χ1n) is 10.9. The van der Waals surface area contributed by atoms with Gasteiger partial charge in [-0.2, -0.15) is 13.2 Å². The molecule has 0 unspecified atom stereocenters. The Hall–Kier alpha value is -2.61. The molecule has 2 aromatic carbocycles. The maximum Gasteiger partial charge on any atom is 0.490 e. The lowest BCUT2D eigenvalue weighted by Gasteiger charge is -2.34. The Morgan fingerprint density at radius 3 is 2.24 bits per heavy atom. The van der Waals surface area contributed by atoms with Crippen molar-refractivity contribution in [3.05, 3.63) is 58.4 Å². The van der Waals surface area contributed by atoms with Gasteiger partial charge in [0.1, 0.15) is 5.82 Å². The molecular weight excluding hydrogens is 474 g/mol. The molecule has 0 radical (unpaired) electrons. The van der Waals surface area contributed by atoms with Crippen LogP contribution in [0.1, 0.15) is 61.9 Å². The van der Waals surface area contributed by atoms with Crippen molar-refractivity contribution in [2.75, 3.05) is 0 Å². The van der Waals surface area contributed by atoms with Crippen molar-refractivity contribution < 1.29 is 32.3 Å². The lowest BCUT2D eigenvalue weighted by Crippen LogP contribution is -2.21. The minimum Gasteiger partial charge on any atom is -0.475 e. The van der Waals surface area contributed by atoms with Crippen LogP contribution in [-0.2, 0) is 11.2 Å². The molecule has 1 aliphatic rings. The molecule has 1 fully saturated rings. The number of amides is 1. The molecule has 0 aliphatic heterocycles. The first-order chi connectivity index (χ1) is 15.7. The zero-order chi connectivity index (χ0) is 25.7. The lowest BCUT2D eigenvalue weighted by atomic mass is 9.72. The Morgan fingerprint density at radius 2 is 1.74 bits per heavy atom. The van der Waals surface area contributed by atoms with Crippen LogP contribution in [0.15, 0.2) is 36.4 Å². The molecule has 2 aromatic rings. The Balaban J connectivity index is 0.000000509. The minimum atomic E-state index is -5.08. The van der Waals surface area contributed by atoms with E-state index in [4.69, 9.17) is 27.2 Å². The monoisotopic (exact) mass is 501 g/mol. The number of alkyl halides is 3. The van der Waals surface area contributed by atoms with Gasteiger partial charge in [-0.05, 0) is 73.1 Å². The molecular formula is C25H28ClF4NO3. The smallest absolute Gasteiger partial charge is 0.475 e. The van der Waals surface area contributed by atoms with Crippen molar-refractivity contribution in [2.45, 2.75) is 58.5 Å². The van der Waals surface area contributed by atoms with Gasteiger partial charge in [0, 0.05) is 5.56 Å². The number of carboxylic acid groups (broad SMARTS) is 1. The first-order valence-corrected chi connectivity index (χ1v) is 11.3. The van der Waals surface area contributed by atoms with Gasteiger partial charge in [-0.15, -0.1) is 0 Å². The standard InChI is InChI=1S/C23H27ClFNO.C2HF3O2/c1-23(2)12-10-15(11-13-23)6-7-16-8-9-17(14-20(16)25)18-4-3-5-19(21(18)24)22(26)27;3-2(4,5)1(6)7/h3-5,8-9,14-15H,6-7,10-13H2,1-2H3,(H2,26,27);(H,6,7). The van der Waals surface area contributed by atoms with Gasteiger partial charge in [-0.25, -0.2) is 9.18 Å². The number of carbonyl (C=O) groups is 2. The molecule has 186 valence electrons. The maximum absolute atomic E-state index is 14.7. The molecule has 9 heteroatoms. The Kier molecular flexibility index (Phi) is 9.11. The number of carboxylic acids is 1. The molecule has 0 heterocycles. The van der Waals surface area contributed by atoms with Gasteiger partial charge in [0.05, 0.1) is 10.6 Å². The van der Waals surface area contributed by atoms with Crippen molar-refractivity contribution in [3.8, 4) is 11.1 Å². The molecule has 4 nitrogen and oxygen atoms in total. The van der Waals surface area contributed by atoms with E-state index in [9.17, 15) is 22.4 Å². The van der Waals surface area contributed by atoms with Gasteiger partial charge in [0.2, 0.25) is 5.91 Å². The van der Waals surface area contributed by atoms with E-state index >= 15 is 0 Å². The second-order valence-corrected chi connectivity index (χ2v) is 9.66. The third-order valence-corrected chi connectivity index (χ3v) is 6.56. The maximum atomic E-state index is 14.7. The quantitative estimate of drug-likeness (QED) is 0.432. The number of benzene rings is 2. The van der Waals surface area contributed by atoms with Crippen LogP contribution in [-0.4, -0.2) is 23.2 Å². The number of rotatable bonds is 5. The summed E-state index contributed by atoms with van der Waals surface area (Å²) >= 11 is 6.29. The van der Waals surface area contributed by atoms with Crippen LogP contribution in [0, 0.1) is 17.2 Å². The summed E-state index contributed by atoms with van der Waals surface area (Å²) in [4.78, 5) is 20.4. The van der Waals surface area contributed by atoms with Crippen LogP contribution in [0.4, 0.5) is 17.6 Å². The summed E-state index contributed by atoms with van der Waals surface area (Å²) in [6, 6.07) is 10.3. The molecule has 1 saturated carbocycles. The molecule has 1 aliphatic carbocycles. The van der Waals surface area contributed by atoms with E-state index in [0.717, 1.165) is 18.4 Å². The number of hydrogen-bond acceptors (Lipinski definition) is 2. The van der Waals surface area contributed by atoms with Crippen LogP contribution < -0.4 is 5.73 Å². The van der Waals surface area contributed by atoms with Crippen LogP contribution in [0.5, 0.6) is 0 Å². The van der Waals surface area contributed by atoms with Crippen LogP contribution in [0.25, 0.3) is 11.1 Å². The summed E-state index contributed by atoms with van der Waals surface area (Å²) in [6.45, 7) is 4.67. The van der Waals surface area contributed by atoms with Crippen molar-refractivity contribution in [2.24, 2.45) is 17.1 Å². The average Bonchev–Trinajstić information content (AvgIpc) is 2.73. The highest BCUT2D eigenvalue weighted by Crippen LogP contribution is 2.40. The SMILES string of the molecule is CC1(C)CCC(CCc2ccc(-c3cccc(C(N)=O)c3Cl)cc2F)CC1.O=C(O)C(F)(F)F. The van der Waals surface area contributed by atoms with Gasteiger partial charge in [-0.1, -0.05) is 49.7 Å². The fourth-order valence-electron chi connectivity index (χ4n) is 3.97. The van der Waals surface area contributed by atoms with Crippen molar-refractivity contribution >= 4 is 23.5 Å². The highest BCUT2D eigenvalue weighted by atomic mass is 35.5. The van der Waals surface area contributed by atoms with Crippen molar-refractivity contribution in [3.63, 3.8) is 0 Å². The van der Waals surface area contributed by atoms with Crippen LogP contribution in [0.2, 0.25) is 5.02 Å². The molecule has 3 N–H and O–H groups in total. The van der Waals surface area contributed by atoms with E-state index in [-0.39, 0.29) is 16.4 Å². The lowest BCUT2D eigenvalue weighted by molar-refractivity contribution is -0.192. The molecule has 0 aromatic heterocycles. The molecule has 0 saturated heterocycles. The van der Waals surface area contributed by atoms with E-state index in [2.05, 4.69) is 13.8 Å². The number of nitrogens with two attached hydrogens (primary N) is 1. The number of hydrogen-bond donors (Lipinski definition) is 2.